The summed E-state index contributed by atoms with van der Waals surface area (Å²) in [6, 6.07) is 5.88. The van der Waals surface area contributed by atoms with Gasteiger partial charge in [-0.05, 0) is 37.4 Å². The van der Waals surface area contributed by atoms with Crippen LogP contribution in [-0.2, 0) is 4.79 Å². The molecule has 108 valence electrons. The van der Waals surface area contributed by atoms with Crippen molar-refractivity contribution < 1.29 is 9.72 Å². The summed E-state index contributed by atoms with van der Waals surface area (Å²) in [4.78, 5) is 24.1. The maximum Gasteiger partial charge on any atom is 0.269 e. The third-order valence-corrected chi connectivity index (χ3v) is 3.47. The molecule has 6 heteroatoms. The second kappa shape index (κ2) is 6.47. The largest absolute Gasteiger partial charge is 0.325 e. The van der Waals surface area contributed by atoms with Crippen molar-refractivity contribution in [1.29, 1.82) is 0 Å². The van der Waals surface area contributed by atoms with Crippen LogP contribution in [0.4, 0.5) is 11.4 Å². The summed E-state index contributed by atoms with van der Waals surface area (Å²) in [5.41, 5.74) is 0.610. The molecule has 1 aliphatic heterocycles. The van der Waals surface area contributed by atoms with Crippen molar-refractivity contribution in [2.45, 2.75) is 19.8 Å². The Morgan fingerprint density at radius 2 is 2.15 bits per heavy atom. The summed E-state index contributed by atoms with van der Waals surface area (Å²) in [6.45, 7) is 4.48. The van der Waals surface area contributed by atoms with E-state index in [1.807, 2.05) is 0 Å². The molecule has 1 saturated heterocycles. The molecule has 1 fully saturated rings. The van der Waals surface area contributed by atoms with Crippen molar-refractivity contribution in [2.75, 3.05) is 25.0 Å². The summed E-state index contributed by atoms with van der Waals surface area (Å²) in [5, 5.41) is 13.3. The standard InChI is InChI=1S/C14H19N3O3/c1-11-3-2-8-16(9-11)10-14(18)15-12-4-6-13(7-5-12)17(19)20/h4-7,11H,2-3,8-10H2,1H3,(H,15,18)/t11-/m1/s1. The van der Waals surface area contributed by atoms with Crippen molar-refractivity contribution in [3.63, 3.8) is 0 Å². The van der Waals surface area contributed by atoms with Crippen LogP contribution < -0.4 is 5.32 Å². The Kier molecular flexibility index (Phi) is 4.68. The molecule has 1 aromatic carbocycles. The minimum Gasteiger partial charge on any atom is -0.325 e. The number of carbonyl (C=O) groups is 1. The number of non-ortho nitro benzene ring substituents is 1. The predicted octanol–water partition coefficient (Wildman–Crippen LogP) is 2.27. The molecule has 0 bridgehead atoms. The fourth-order valence-corrected chi connectivity index (χ4v) is 2.50. The lowest BCUT2D eigenvalue weighted by atomic mass is 10.0. The SMILES string of the molecule is C[C@@H]1CCCN(CC(=O)Nc2ccc([N+](=O)[O-])cc2)C1. The number of amides is 1. The van der Waals surface area contributed by atoms with Crippen LogP contribution in [0.2, 0.25) is 0 Å². The average Bonchev–Trinajstić information content (AvgIpc) is 2.39. The second-order valence-electron chi connectivity index (χ2n) is 5.33. The van der Waals surface area contributed by atoms with Crippen molar-refractivity contribution in [2.24, 2.45) is 5.92 Å². The van der Waals surface area contributed by atoms with Gasteiger partial charge in [0, 0.05) is 24.4 Å². The van der Waals surface area contributed by atoms with Gasteiger partial charge in [0.15, 0.2) is 0 Å². The molecule has 1 aliphatic rings. The minimum absolute atomic E-state index is 0.0212. The molecule has 0 spiro atoms. The second-order valence-corrected chi connectivity index (χ2v) is 5.33. The fraction of sp³-hybridized carbons (Fsp3) is 0.500. The molecule has 0 saturated carbocycles. The maximum atomic E-state index is 11.9. The number of nitrogens with zero attached hydrogens (tertiary/aromatic N) is 2. The summed E-state index contributed by atoms with van der Waals surface area (Å²) >= 11 is 0. The van der Waals surface area contributed by atoms with Gasteiger partial charge in [0.25, 0.3) is 5.69 Å². The highest BCUT2D eigenvalue weighted by Gasteiger charge is 2.18. The molecule has 0 unspecified atom stereocenters. The summed E-state index contributed by atoms with van der Waals surface area (Å²) in [7, 11) is 0. The third-order valence-electron chi connectivity index (χ3n) is 3.47. The van der Waals surface area contributed by atoms with Gasteiger partial charge in [-0.25, -0.2) is 0 Å². The molecule has 0 radical (unpaired) electrons. The first-order chi connectivity index (χ1) is 9.54. The molecule has 1 aromatic rings. The number of nitro benzene ring substituents is 1. The number of hydrogen-bond donors (Lipinski definition) is 1. The lowest BCUT2D eigenvalue weighted by Crippen LogP contribution is -2.39. The predicted molar refractivity (Wildman–Crippen MR) is 76.6 cm³/mol. The quantitative estimate of drug-likeness (QED) is 0.676. The van der Waals surface area contributed by atoms with Gasteiger partial charge in [0.05, 0.1) is 11.5 Å². The smallest absolute Gasteiger partial charge is 0.269 e. The highest BCUT2D eigenvalue weighted by molar-refractivity contribution is 5.92. The molecular formula is C14H19N3O3. The molecule has 0 aliphatic carbocycles. The zero-order valence-corrected chi connectivity index (χ0v) is 11.5. The number of nitrogens with one attached hydrogen (secondary N) is 1. The fourth-order valence-electron chi connectivity index (χ4n) is 2.50. The normalized spacial score (nSPS) is 19.6. The molecule has 2 rings (SSSR count). The Morgan fingerprint density at radius 3 is 2.75 bits per heavy atom. The Morgan fingerprint density at radius 1 is 1.45 bits per heavy atom. The van der Waals surface area contributed by atoms with E-state index in [0.29, 0.717) is 18.2 Å². The topological polar surface area (TPSA) is 75.5 Å². The van der Waals surface area contributed by atoms with E-state index in [0.717, 1.165) is 19.5 Å². The van der Waals surface area contributed by atoms with Gasteiger partial charge in [-0.2, -0.15) is 0 Å². The zero-order valence-electron chi connectivity index (χ0n) is 11.5. The minimum atomic E-state index is -0.458. The Bertz CT molecular complexity index is 487. The first-order valence-electron chi connectivity index (χ1n) is 6.81. The van der Waals surface area contributed by atoms with E-state index in [4.69, 9.17) is 0 Å². The Labute approximate surface area is 117 Å². The van der Waals surface area contributed by atoms with Crippen molar-refractivity contribution in [1.82, 2.24) is 4.90 Å². The molecule has 1 amide bonds. The van der Waals surface area contributed by atoms with Crippen LogP contribution >= 0.6 is 0 Å². The van der Waals surface area contributed by atoms with Crippen LogP contribution in [0.5, 0.6) is 0 Å². The van der Waals surface area contributed by atoms with Crippen molar-refractivity contribution in [3.05, 3.63) is 34.4 Å². The van der Waals surface area contributed by atoms with Gasteiger partial charge >= 0.3 is 0 Å². The van der Waals surface area contributed by atoms with Crippen molar-refractivity contribution >= 4 is 17.3 Å². The van der Waals surface area contributed by atoms with E-state index in [-0.39, 0.29) is 11.6 Å². The number of rotatable bonds is 4. The molecule has 0 aromatic heterocycles. The molecular weight excluding hydrogens is 258 g/mol. The van der Waals surface area contributed by atoms with E-state index in [1.165, 1.54) is 18.6 Å². The van der Waals surface area contributed by atoms with Gasteiger partial charge in [-0.3, -0.25) is 19.8 Å². The Balaban J connectivity index is 1.86. The van der Waals surface area contributed by atoms with E-state index >= 15 is 0 Å². The molecule has 20 heavy (non-hydrogen) atoms. The van der Waals surface area contributed by atoms with E-state index in [1.54, 1.807) is 12.1 Å². The van der Waals surface area contributed by atoms with E-state index < -0.39 is 4.92 Å². The average molecular weight is 277 g/mol. The molecule has 1 atom stereocenters. The lowest BCUT2D eigenvalue weighted by molar-refractivity contribution is -0.384. The zero-order chi connectivity index (χ0) is 14.5. The molecule has 1 heterocycles. The van der Waals surface area contributed by atoms with Crippen molar-refractivity contribution in [3.8, 4) is 0 Å². The van der Waals surface area contributed by atoms with Gasteiger partial charge in [0.2, 0.25) is 5.91 Å². The molecule has 1 N–H and O–H groups in total. The van der Waals surface area contributed by atoms with Crippen LogP contribution in [0, 0.1) is 16.0 Å². The number of anilines is 1. The highest BCUT2D eigenvalue weighted by Crippen LogP contribution is 2.17. The number of hydrogen-bond acceptors (Lipinski definition) is 4. The lowest BCUT2D eigenvalue weighted by Gasteiger charge is -2.30. The van der Waals surface area contributed by atoms with Gasteiger partial charge in [0.1, 0.15) is 0 Å². The number of likely N-dealkylation sites (tertiary alicyclic amines) is 1. The van der Waals surface area contributed by atoms with Crippen LogP contribution in [0.15, 0.2) is 24.3 Å². The number of benzene rings is 1. The van der Waals surface area contributed by atoms with Crippen LogP contribution in [0.25, 0.3) is 0 Å². The first-order valence-corrected chi connectivity index (χ1v) is 6.81. The summed E-state index contributed by atoms with van der Waals surface area (Å²) < 4.78 is 0. The number of nitro groups is 1. The Hall–Kier alpha value is -1.95. The summed E-state index contributed by atoms with van der Waals surface area (Å²) in [6.07, 6.45) is 2.35. The van der Waals surface area contributed by atoms with Crippen LogP contribution in [0.3, 0.4) is 0 Å². The monoisotopic (exact) mass is 277 g/mol. The first kappa shape index (κ1) is 14.5. The number of piperidine rings is 1. The highest BCUT2D eigenvalue weighted by atomic mass is 16.6. The van der Waals surface area contributed by atoms with E-state index in [2.05, 4.69) is 17.1 Å². The molecule has 6 nitrogen and oxygen atoms in total. The maximum absolute atomic E-state index is 11.9. The van der Waals surface area contributed by atoms with E-state index in [9.17, 15) is 14.9 Å². The van der Waals surface area contributed by atoms with Crippen LogP contribution in [0.1, 0.15) is 19.8 Å². The summed E-state index contributed by atoms with van der Waals surface area (Å²) in [5.74, 6) is 0.559. The number of carbonyl (C=O) groups excluding carboxylic acids is 1. The third kappa shape index (κ3) is 4.03. The van der Waals surface area contributed by atoms with Gasteiger partial charge in [-0.15, -0.1) is 0 Å². The van der Waals surface area contributed by atoms with Crippen LogP contribution in [-0.4, -0.2) is 35.4 Å². The van der Waals surface area contributed by atoms with Gasteiger partial charge < -0.3 is 5.32 Å². The van der Waals surface area contributed by atoms with Gasteiger partial charge in [-0.1, -0.05) is 6.92 Å².